The van der Waals surface area contributed by atoms with Gasteiger partial charge in [0.1, 0.15) is 0 Å². The normalized spacial score (nSPS) is 13.3. The molecule has 0 aliphatic carbocycles. The Kier molecular flexibility index (Phi) is 3.13. The Morgan fingerprint density at radius 3 is 2.75 bits per heavy atom. The summed E-state index contributed by atoms with van der Waals surface area (Å²) in [5, 5.41) is 3.04. The summed E-state index contributed by atoms with van der Waals surface area (Å²) in [6, 6.07) is 8.16. The molecule has 1 aliphatic rings. The number of amides is 1. The fourth-order valence-electron chi connectivity index (χ4n) is 2.94. The molecule has 3 heteroatoms. The van der Waals surface area contributed by atoms with E-state index in [1.165, 1.54) is 12.1 Å². The van der Waals surface area contributed by atoms with Gasteiger partial charge in [-0.05, 0) is 56.9 Å². The number of hydrogen-bond acceptors (Lipinski definition) is 1. The molecule has 0 fully saturated rings. The van der Waals surface area contributed by atoms with Gasteiger partial charge in [-0.1, -0.05) is 12.1 Å². The molecule has 0 unspecified atom stereocenters. The van der Waals surface area contributed by atoms with Crippen LogP contribution in [0.1, 0.15) is 39.3 Å². The monoisotopic (exact) mass is 268 g/mol. The number of carbonyl (C=O) groups excluding carboxylic acids is 1. The number of aromatic nitrogens is 1. The maximum Gasteiger partial charge on any atom is 0.257 e. The van der Waals surface area contributed by atoms with Gasteiger partial charge in [0.05, 0.1) is 5.56 Å². The molecule has 1 aliphatic heterocycles. The predicted octanol–water partition coefficient (Wildman–Crippen LogP) is 3.61. The first kappa shape index (κ1) is 13.0. The SMILES string of the molecule is Cc1ccc(C)c(NC(=O)c2cc3n(c2C)CCC3)c1. The quantitative estimate of drug-likeness (QED) is 0.887. The maximum absolute atomic E-state index is 12.5. The molecule has 0 spiro atoms. The minimum atomic E-state index is -0.00176. The van der Waals surface area contributed by atoms with Gasteiger partial charge in [-0.25, -0.2) is 0 Å². The molecule has 0 saturated carbocycles. The number of benzene rings is 1. The molecule has 3 nitrogen and oxygen atoms in total. The van der Waals surface area contributed by atoms with Gasteiger partial charge < -0.3 is 9.88 Å². The number of hydrogen-bond donors (Lipinski definition) is 1. The highest BCUT2D eigenvalue weighted by atomic mass is 16.1. The lowest BCUT2D eigenvalue weighted by Crippen LogP contribution is -2.14. The van der Waals surface area contributed by atoms with Crippen molar-refractivity contribution in [2.45, 2.75) is 40.2 Å². The number of rotatable bonds is 2. The molecule has 1 aromatic heterocycles. The molecular formula is C17H20N2O. The van der Waals surface area contributed by atoms with Crippen molar-refractivity contribution in [1.29, 1.82) is 0 Å². The lowest BCUT2D eigenvalue weighted by molar-refractivity contribution is 0.102. The summed E-state index contributed by atoms with van der Waals surface area (Å²) < 4.78 is 2.26. The predicted molar refractivity (Wildman–Crippen MR) is 81.4 cm³/mol. The second-order valence-corrected chi connectivity index (χ2v) is 5.66. The largest absolute Gasteiger partial charge is 0.348 e. The highest BCUT2D eigenvalue weighted by molar-refractivity contribution is 6.05. The van der Waals surface area contributed by atoms with Gasteiger partial charge in [0.25, 0.3) is 5.91 Å². The Labute approximate surface area is 119 Å². The van der Waals surface area contributed by atoms with Gasteiger partial charge in [0.15, 0.2) is 0 Å². The van der Waals surface area contributed by atoms with Crippen molar-refractivity contribution >= 4 is 11.6 Å². The second-order valence-electron chi connectivity index (χ2n) is 5.66. The number of carbonyl (C=O) groups is 1. The minimum Gasteiger partial charge on any atom is -0.348 e. The van der Waals surface area contributed by atoms with Crippen LogP contribution in [-0.4, -0.2) is 10.5 Å². The third-order valence-corrected chi connectivity index (χ3v) is 4.15. The fraction of sp³-hybridized carbons (Fsp3) is 0.353. The van der Waals surface area contributed by atoms with Crippen LogP contribution in [0.2, 0.25) is 0 Å². The molecule has 1 aromatic carbocycles. The summed E-state index contributed by atoms with van der Waals surface area (Å²) in [5.41, 5.74) is 6.32. The number of nitrogens with one attached hydrogen (secondary N) is 1. The summed E-state index contributed by atoms with van der Waals surface area (Å²) in [4.78, 5) is 12.5. The van der Waals surface area contributed by atoms with Crippen molar-refractivity contribution in [2.75, 3.05) is 5.32 Å². The number of fused-ring (bicyclic) bond motifs is 1. The second kappa shape index (κ2) is 4.82. The molecule has 2 heterocycles. The third-order valence-electron chi connectivity index (χ3n) is 4.15. The van der Waals surface area contributed by atoms with E-state index in [4.69, 9.17) is 0 Å². The highest BCUT2D eigenvalue weighted by Gasteiger charge is 2.20. The fourth-order valence-corrected chi connectivity index (χ4v) is 2.94. The van der Waals surface area contributed by atoms with Crippen LogP contribution in [0.5, 0.6) is 0 Å². The summed E-state index contributed by atoms with van der Waals surface area (Å²) >= 11 is 0. The van der Waals surface area contributed by atoms with Crippen LogP contribution in [0, 0.1) is 20.8 Å². The summed E-state index contributed by atoms with van der Waals surface area (Å²) in [6.07, 6.45) is 2.27. The smallest absolute Gasteiger partial charge is 0.257 e. The van der Waals surface area contributed by atoms with Crippen molar-refractivity contribution in [1.82, 2.24) is 4.57 Å². The Hall–Kier alpha value is -2.03. The molecule has 1 N–H and O–H groups in total. The maximum atomic E-state index is 12.5. The molecule has 3 rings (SSSR count). The van der Waals surface area contributed by atoms with Gasteiger partial charge >= 0.3 is 0 Å². The van der Waals surface area contributed by atoms with Gasteiger partial charge in [-0.2, -0.15) is 0 Å². The zero-order chi connectivity index (χ0) is 14.3. The van der Waals surface area contributed by atoms with Gasteiger partial charge in [0, 0.05) is 23.6 Å². The molecule has 0 bridgehead atoms. The van der Waals surface area contributed by atoms with Crippen LogP contribution < -0.4 is 5.32 Å². The van der Waals surface area contributed by atoms with Gasteiger partial charge in [-0.3, -0.25) is 4.79 Å². The third kappa shape index (κ3) is 2.13. The van der Waals surface area contributed by atoms with Crippen LogP contribution in [0.4, 0.5) is 5.69 Å². The van der Waals surface area contributed by atoms with Crippen LogP contribution in [0.25, 0.3) is 0 Å². The zero-order valence-corrected chi connectivity index (χ0v) is 12.3. The van der Waals surface area contributed by atoms with Crippen LogP contribution in [0.15, 0.2) is 24.3 Å². The number of aryl methyl sites for hydroxylation is 3. The van der Waals surface area contributed by atoms with Crippen LogP contribution >= 0.6 is 0 Å². The van der Waals surface area contributed by atoms with E-state index in [0.29, 0.717) is 0 Å². The standard InChI is InChI=1S/C17H20N2O/c1-11-6-7-12(2)16(9-11)18-17(20)15-10-14-5-4-8-19(14)13(15)3/h6-7,9-10H,4-5,8H2,1-3H3,(H,18,20). The van der Waals surface area contributed by atoms with E-state index in [-0.39, 0.29) is 5.91 Å². The van der Waals surface area contributed by atoms with Gasteiger partial charge in [-0.15, -0.1) is 0 Å². The van der Waals surface area contributed by atoms with E-state index in [1.807, 2.05) is 39.0 Å². The molecule has 2 aromatic rings. The van der Waals surface area contributed by atoms with E-state index < -0.39 is 0 Å². The summed E-state index contributed by atoms with van der Waals surface area (Å²) in [6.45, 7) is 7.12. The molecule has 0 saturated heterocycles. The molecule has 0 radical (unpaired) electrons. The molecular weight excluding hydrogens is 248 g/mol. The molecule has 104 valence electrons. The Morgan fingerprint density at radius 1 is 1.20 bits per heavy atom. The first-order valence-electron chi connectivity index (χ1n) is 7.14. The average molecular weight is 268 g/mol. The van der Waals surface area contributed by atoms with Crippen molar-refractivity contribution in [3.63, 3.8) is 0 Å². The highest BCUT2D eigenvalue weighted by Crippen LogP contribution is 2.24. The van der Waals surface area contributed by atoms with E-state index in [2.05, 4.69) is 16.0 Å². The lowest BCUT2D eigenvalue weighted by atomic mass is 10.1. The first-order valence-corrected chi connectivity index (χ1v) is 7.14. The Morgan fingerprint density at radius 2 is 2.00 bits per heavy atom. The summed E-state index contributed by atoms with van der Waals surface area (Å²) in [7, 11) is 0. The Balaban J connectivity index is 1.88. The topological polar surface area (TPSA) is 34.0 Å². The van der Waals surface area contributed by atoms with E-state index in [0.717, 1.165) is 41.0 Å². The zero-order valence-electron chi connectivity index (χ0n) is 12.3. The molecule has 1 amide bonds. The van der Waals surface area contributed by atoms with Crippen molar-refractivity contribution in [3.8, 4) is 0 Å². The van der Waals surface area contributed by atoms with Crippen molar-refractivity contribution < 1.29 is 4.79 Å². The van der Waals surface area contributed by atoms with Crippen molar-refractivity contribution in [3.05, 3.63) is 52.3 Å². The van der Waals surface area contributed by atoms with Crippen molar-refractivity contribution in [2.24, 2.45) is 0 Å². The summed E-state index contributed by atoms with van der Waals surface area (Å²) in [5.74, 6) is -0.00176. The lowest BCUT2D eigenvalue weighted by Gasteiger charge is -2.10. The van der Waals surface area contributed by atoms with E-state index >= 15 is 0 Å². The van der Waals surface area contributed by atoms with Crippen LogP contribution in [0.3, 0.4) is 0 Å². The number of anilines is 1. The molecule has 20 heavy (non-hydrogen) atoms. The van der Waals surface area contributed by atoms with Gasteiger partial charge in [0.2, 0.25) is 0 Å². The average Bonchev–Trinajstić information content (AvgIpc) is 2.97. The number of nitrogens with zero attached hydrogens (tertiary/aromatic N) is 1. The minimum absolute atomic E-state index is 0.00176. The van der Waals surface area contributed by atoms with E-state index in [9.17, 15) is 4.79 Å². The first-order chi connectivity index (χ1) is 9.56. The Bertz CT molecular complexity index is 683. The van der Waals surface area contributed by atoms with E-state index in [1.54, 1.807) is 0 Å². The van der Waals surface area contributed by atoms with Crippen LogP contribution in [-0.2, 0) is 13.0 Å². The molecule has 0 atom stereocenters.